The molecule has 0 atom stereocenters. The summed E-state index contributed by atoms with van der Waals surface area (Å²) < 4.78 is 26.3. The molecule has 0 bridgehead atoms. The van der Waals surface area contributed by atoms with E-state index in [4.69, 9.17) is 5.11 Å². The highest BCUT2D eigenvalue weighted by molar-refractivity contribution is 7.89. The molecule has 108 valence electrons. The van der Waals surface area contributed by atoms with Crippen molar-refractivity contribution in [3.05, 3.63) is 29.8 Å². The van der Waals surface area contributed by atoms with Crippen LogP contribution in [0.15, 0.2) is 29.2 Å². The van der Waals surface area contributed by atoms with Crippen molar-refractivity contribution in [2.75, 3.05) is 6.54 Å². The molecule has 20 heavy (non-hydrogen) atoms. The predicted octanol–water partition coefficient (Wildman–Crippen LogP) is 1.40. The molecule has 0 aromatic heterocycles. The SMILES string of the molecule is CC#CCCNS(=O)(=O)c1ccc(CCC(=O)O)cc1. The summed E-state index contributed by atoms with van der Waals surface area (Å²) in [5.41, 5.74) is 0.795. The van der Waals surface area contributed by atoms with Crippen LogP contribution in [0.5, 0.6) is 0 Å². The standard InChI is InChI=1S/C14H17NO4S/c1-2-3-4-11-15-20(18,19)13-8-5-12(6-9-13)7-10-14(16)17/h5-6,8-9,15H,4,7,10-11H2,1H3,(H,16,17). The third kappa shape index (κ3) is 5.43. The van der Waals surface area contributed by atoms with E-state index < -0.39 is 16.0 Å². The Bertz CT molecular complexity index is 609. The maximum atomic E-state index is 11.9. The number of nitrogens with one attached hydrogen (secondary N) is 1. The topological polar surface area (TPSA) is 83.5 Å². The van der Waals surface area contributed by atoms with Crippen LogP contribution in [0.2, 0.25) is 0 Å². The first-order chi connectivity index (χ1) is 9.45. The van der Waals surface area contributed by atoms with Crippen LogP contribution in [0, 0.1) is 11.8 Å². The van der Waals surface area contributed by atoms with Crippen LogP contribution in [0.3, 0.4) is 0 Å². The molecule has 1 aromatic rings. The third-order valence-electron chi connectivity index (χ3n) is 2.58. The van der Waals surface area contributed by atoms with Gasteiger partial charge in [0, 0.05) is 19.4 Å². The molecule has 1 rings (SSSR count). The van der Waals surface area contributed by atoms with Gasteiger partial charge >= 0.3 is 5.97 Å². The predicted molar refractivity (Wildman–Crippen MR) is 75.7 cm³/mol. The summed E-state index contributed by atoms with van der Waals surface area (Å²) in [6.07, 6.45) is 0.877. The first-order valence-corrected chi connectivity index (χ1v) is 7.64. The average molecular weight is 295 g/mol. The van der Waals surface area contributed by atoms with Crippen molar-refractivity contribution in [3.63, 3.8) is 0 Å². The zero-order valence-electron chi connectivity index (χ0n) is 11.2. The van der Waals surface area contributed by atoms with E-state index in [2.05, 4.69) is 16.6 Å². The fraction of sp³-hybridized carbons (Fsp3) is 0.357. The van der Waals surface area contributed by atoms with Gasteiger partial charge in [-0.15, -0.1) is 11.8 Å². The van der Waals surface area contributed by atoms with Crippen LogP contribution in [0.1, 0.15) is 25.3 Å². The molecular formula is C14H17NO4S. The van der Waals surface area contributed by atoms with Crippen LogP contribution in [0.4, 0.5) is 0 Å². The second-order valence-electron chi connectivity index (χ2n) is 4.11. The van der Waals surface area contributed by atoms with Crippen molar-refractivity contribution in [1.82, 2.24) is 4.72 Å². The quantitative estimate of drug-likeness (QED) is 0.588. The normalized spacial score (nSPS) is 10.7. The van der Waals surface area contributed by atoms with Gasteiger partial charge in [-0.2, -0.15) is 0 Å². The molecule has 0 fully saturated rings. The molecule has 5 nitrogen and oxygen atoms in total. The number of carbonyl (C=O) groups is 1. The first kappa shape index (κ1) is 16.2. The van der Waals surface area contributed by atoms with Crippen LogP contribution < -0.4 is 4.72 Å². The second-order valence-corrected chi connectivity index (χ2v) is 5.88. The Morgan fingerprint density at radius 2 is 1.95 bits per heavy atom. The second kappa shape index (κ2) is 7.68. The lowest BCUT2D eigenvalue weighted by molar-refractivity contribution is -0.136. The molecule has 0 aliphatic carbocycles. The smallest absolute Gasteiger partial charge is 0.303 e. The lowest BCUT2D eigenvalue weighted by atomic mass is 10.1. The Hall–Kier alpha value is -1.84. The maximum Gasteiger partial charge on any atom is 0.303 e. The lowest BCUT2D eigenvalue weighted by Crippen LogP contribution is -2.24. The summed E-state index contributed by atoms with van der Waals surface area (Å²) in [7, 11) is -3.52. The van der Waals surface area contributed by atoms with Gasteiger partial charge in [0.2, 0.25) is 10.0 Å². The summed E-state index contributed by atoms with van der Waals surface area (Å²) in [5.74, 6) is 4.59. The molecule has 0 amide bonds. The Balaban J connectivity index is 2.65. The molecule has 0 heterocycles. The summed E-state index contributed by atoms with van der Waals surface area (Å²) in [6.45, 7) is 1.97. The molecule has 0 saturated carbocycles. The van der Waals surface area contributed by atoms with Crippen LogP contribution >= 0.6 is 0 Å². The van der Waals surface area contributed by atoms with E-state index in [1.807, 2.05) is 0 Å². The zero-order valence-corrected chi connectivity index (χ0v) is 12.0. The number of rotatable bonds is 7. The minimum atomic E-state index is -3.52. The molecule has 6 heteroatoms. The van der Waals surface area contributed by atoms with E-state index >= 15 is 0 Å². The molecule has 0 saturated heterocycles. The van der Waals surface area contributed by atoms with E-state index in [1.54, 1.807) is 19.1 Å². The van der Waals surface area contributed by atoms with Gasteiger partial charge in [0.15, 0.2) is 0 Å². The molecule has 0 spiro atoms. The number of carboxylic acid groups (broad SMARTS) is 1. The minimum absolute atomic E-state index is 0.0278. The first-order valence-electron chi connectivity index (χ1n) is 6.15. The Kier molecular flexibility index (Phi) is 6.22. The Morgan fingerprint density at radius 3 is 2.50 bits per heavy atom. The molecule has 1 aromatic carbocycles. The van der Waals surface area contributed by atoms with Gasteiger partial charge in [-0.25, -0.2) is 13.1 Å². The van der Waals surface area contributed by atoms with E-state index in [-0.39, 0.29) is 17.9 Å². The Morgan fingerprint density at radius 1 is 1.30 bits per heavy atom. The van der Waals surface area contributed by atoms with Crippen molar-refractivity contribution in [2.45, 2.75) is 31.1 Å². The van der Waals surface area contributed by atoms with Crippen molar-refractivity contribution in [1.29, 1.82) is 0 Å². The van der Waals surface area contributed by atoms with Crippen molar-refractivity contribution in [3.8, 4) is 11.8 Å². The number of hydrogen-bond acceptors (Lipinski definition) is 3. The van der Waals surface area contributed by atoms with Crippen molar-refractivity contribution < 1.29 is 18.3 Å². The van der Waals surface area contributed by atoms with Gasteiger partial charge in [0.05, 0.1) is 4.90 Å². The highest BCUT2D eigenvalue weighted by Gasteiger charge is 2.12. The van der Waals surface area contributed by atoms with Gasteiger partial charge in [0.1, 0.15) is 0 Å². The monoisotopic (exact) mass is 295 g/mol. The molecule has 0 radical (unpaired) electrons. The number of benzene rings is 1. The average Bonchev–Trinajstić information content (AvgIpc) is 2.42. The van der Waals surface area contributed by atoms with Gasteiger partial charge in [-0.1, -0.05) is 12.1 Å². The largest absolute Gasteiger partial charge is 0.481 e. The minimum Gasteiger partial charge on any atom is -0.481 e. The fourth-order valence-corrected chi connectivity index (χ4v) is 2.57. The maximum absolute atomic E-state index is 11.9. The van der Waals surface area contributed by atoms with E-state index in [9.17, 15) is 13.2 Å². The van der Waals surface area contributed by atoms with Crippen LogP contribution in [-0.2, 0) is 21.2 Å². The summed E-state index contributed by atoms with van der Waals surface area (Å²) in [5, 5.41) is 8.58. The fourth-order valence-electron chi connectivity index (χ4n) is 1.54. The van der Waals surface area contributed by atoms with E-state index in [1.165, 1.54) is 12.1 Å². The summed E-state index contributed by atoms with van der Waals surface area (Å²) in [6, 6.07) is 6.21. The number of hydrogen-bond donors (Lipinski definition) is 2. The van der Waals surface area contributed by atoms with Crippen LogP contribution in [0.25, 0.3) is 0 Å². The number of sulfonamides is 1. The van der Waals surface area contributed by atoms with Gasteiger partial charge in [0.25, 0.3) is 0 Å². The number of carboxylic acids is 1. The van der Waals surface area contributed by atoms with Gasteiger partial charge in [-0.3, -0.25) is 4.79 Å². The van der Waals surface area contributed by atoms with Gasteiger partial charge < -0.3 is 5.11 Å². The Labute approximate surface area is 119 Å². The molecule has 0 aliphatic rings. The van der Waals surface area contributed by atoms with Crippen molar-refractivity contribution >= 4 is 16.0 Å². The highest BCUT2D eigenvalue weighted by Crippen LogP contribution is 2.11. The summed E-state index contributed by atoms with van der Waals surface area (Å²) >= 11 is 0. The van der Waals surface area contributed by atoms with Crippen molar-refractivity contribution in [2.24, 2.45) is 0 Å². The summed E-state index contributed by atoms with van der Waals surface area (Å²) in [4.78, 5) is 10.6. The highest BCUT2D eigenvalue weighted by atomic mass is 32.2. The van der Waals surface area contributed by atoms with E-state index in [0.717, 1.165) is 5.56 Å². The van der Waals surface area contributed by atoms with E-state index in [0.29, 0.717) is 12.8 Å². The number of aryl methyl sites for hydroxylation is 1. The van der Waals surface area contributed by atoms with Gasteiger partial charge in [-0.05, 0) is 31.0 Å². The lowest BCUT2D eigenvalue weighted by Gasteiger charge is -2.06. The molecule has 2 N–H and O–H groups in total. The zero-order chi connectivity index (χ0) is 15.0. The molecule has 0 aliphatic heterocycles. The molecular weight excluding hydrogens is 278 g/mol. The third-order valence-corrected chi connectivity index (χ3v) is 4.06. The number of aliphatic carboxylic acids is 1. The molecule has 0 unspecified atom stereocenters. The van der Waals surface area contributed by atoms with Crippen LogP contribution in [-0.4, -0.2) is 26.0 Å².